The van der Waals surface area contributed by atoms with Crippen molar-refractivity contribution in [1.29, 1.82) is 0 Å². The number of carbonyl (C=O) groups is 1. The Hall–Kier alpha value is -2.94. The number of amides is 1. The minimum atomic E-state index is -0.923. The summed E-state index contributed by atoms with van der Waals surface area (Å²) < 4.78 is 5.98. The van der Waals surface area contributed by atoms with Gasteiger partial charge in [0, 0.05) is 38.3 Å². The lowest BCUT2D eigenvalue weighted by Gasteiger charge is -2.40. The quantitative estimate of drug-likeness (QED) is 0.668. The Bertz CT molecular complexity index is 1090. The third-order valence-electron chi connectivity index (χ3n) is 8.26. The molecule has 192 valence electrons. The van der Waals surface area contributed by atoms with Crippen LogP contribution in [-0.4, -0.2) is 69.6 Å². The summed E-state index contributed by atoms with van der Waals surface area (Å²) in [4.78, 5) is 34.0. The van der Waals surface area contributed by atoms with Gasteiger partial charge in [0.05, 0.1) is 18.1 Å². The second-order valence-corrected chi connectivity index (χ2v) is 11.1. The molecule has 4 heterocycles. The summed E-state index contributed by atoms with van der Waals surface area (Å²) in [6.07, 6.45) is 13.3. The largest absolute Gasteiger partial charge is 0.472 e. The van der Waals surface area contributed by atoms with Crippen LogP contribution in [0.5, 0.6) is 5.75 Å². The van der Waals surface area contributed by atoms with E-state index < -0.39 is 5.60 Å². The number of hydrogen-bond donors (Lipinski definition) is 1. The van der Waals surface area contributed by atoms with E-state index in [-0.39, 0.29) is 11.9 Å². The number of ether oxygens (including phenoxy) is 1. The molecular formula is C27H37N7O2. The molecule has 1 saturated heterocycles. The van der Waals surface area contributed by atoms with Crippen LogP contribution in [0.25, 0.3) is 0 Å². The van der Waals surface area contributed by atoms with E-state index >= 15 is 0 Å². The molecule has 1 amide bonds. The fourth-order valence-corrected chi connectivity index (χ4v) is 6.25. The van der Waals surface area contributed by atoms with Crippen molar-refractivity contribution >= 4 is 29.2 Å². The van der Waals surface area contributed by atoms with E-state index in [1.165, 1.54) is 25.7 Å². The Morgan fingerprint density at radius 2 is 1.61 bits per heavy atom. The molecule has 36 heavy (non-hydrogen) atoms. The van der Waals surface area contributed by atoms with Gasteiger partial charge < -0.3 is 15.0 Å². The predicted octanol–water partition coefficient (Wildman–Crippen LogP) is 4.13. The molecule has 2 saturated carbocycles. The van der Waals surface area contributed by atoms with Crippen LogP contribution in [0.2, 0.25) is 0 Å². The molecule has 2 aromatic heterocycles. The normalized spacial score (nSPS) is 23.1. The van der Waals surface area contributed by atoms with Gasteiger partial charge in [-0.1, -0.05) is 25.7 Å². The molecule has 2 aliphatic heterocycles. The molecule has 0 aromatic carbocycles. The molecule has 0 atom stereocenters. The molecule has 0 radical (unpaired) electrons. The van der Waals surface area contributed by atoms with E-state index in [1.54, 1.807) is 6.20 Å². The Balaban J connectivity index is 1.14. The molecule has 3 fully saturated rings. The van der Waals surface area contributed by atoms with Crippen molar-refractivity contribution < 1.29 is 9.53 Å². The zero-order valence-corrected chi connectivity index (χ0v) is 21.4. The van der Waals surface area contributed by atoms with Gasteiger partial charge in [0.1, 0.15) is 5.82 Å². The first-order chi connectivity index (χ1) is 17.5. The molecule has 0 unspecified atom stereocenters. The zero-order chi connectivity index (χ0) is 24.7. The van der Waals surface area contributed by atoms with Crippen LogP contribution < -0.4 is 19.9 Å². The smallest absolute Gasteiger partial charge is 0.272 e. The highest BCUT2D eigenvalue weighted by atomic mass is 16.5. The Morgan fingerprint density at radius 3 is 2.28 bits per heavy atom. The first-order valence-electron chi connectivity index (χ1n) is 13.6. The minimum Gasteiger partial charge on any atom is -0.472 e. The Morgan fingerprint density at radius 1 is 0.917 bits per heavy atom. The molecule has 6 rings (SSSR count). The first-order valence-corrected chi connectivity index (χ1v) is 13.6. The highest BCUT2D eigenvalue weighted by Crippen LogP contribution is 2.40. The zero-order valence-electron chi connectivity index (χ0n) is 21.4. The summed E-state index contributed by atoms with van der Waals surface area (Å²) in [6.45, 7) is 7.96. The summed E-state index contributed by atoms with van der Waals surface area (Å²) >= 11 is 0. The lowest BCUT2D eigenvalue weighted by atomic mass is 10.0. The maximum atomic E-state index is 13.2. The van der Waals surface area contributed by atoms with Gasteiger partial charge in [-0.05, 0) is 51.7 Å². The van der Waals surface area contributed by atoms with Crippen LogP contribution >= 0.6 is 0 Å². The molecule has 0 spiro atoms. The van der Waals surface area contributed by atoms with Crippen LogP contribution in [0.3, 0.4) is 0 Å². The number of fused-ring (bicyclic) bond motifs is 1. The number of aromatic nitrogens is 3. The van der Waals surface area contributed by atoms with E-state index in [1.807, 2.05) is 31.0 Å². The number of anilines is 4. The van der Waals surface area contributed by atoms with Gasteiger partial charge in [-0.25, -0.2) is 9.97 Å². The molecule has 2 aliphatic carbocycles. The minimum absolute atomic E-state index is 0.0398. The van der Waals surface area contributed by atoms with Gasteiger partial charge in [-0.15, -0.1) is 0 Å². The number of rotatable bonds is 5. The topological polar surface area (TPSA) is 86.7 Å². The molecule has 0 bridgehead atoms. The van der Waals surface area contributed by atoms with Crippen molar-refractivity contribution in [2.75, 3.05) is 41.3 Å². The SMILES string of the molecule is CC1(C)Oc2cnc(Nc3ccc(N4CCN(C5CCCC5)CC4)cn3)nc2N(C2CCCC2)C1=O. The van der Waals surface area contributed by atoms with Gasteiger partial charge in [-0.2, -0.15) is 4.98 Å². The molecule has 2 aromatic rings. The molecule has 1 N–H and O–H groups in total. The fraction of sp³-hybridized carbons (Fsp3) is 0.630. The second kappa shape index (κ2) is 9.50. The van der Waals surface area contributed by atoms with Crippen molar-refractivity contribution in [2.24, 2.45) is 0 Å². The average Bonchev–Trinajstić information content (AvgIpc) is 3.61. The Kier molecular flexibility index (Phi) is 6.19. The lowest BCUT2D eigenvalue weighted by Crippen LogP contribution is -2.55. The van der Waals surface area contributed by atoms with Crippen molar-refractivity contribution in [3.05, 3.63) is 24.5 Å². The fourth-order valence-electron chi connectivity index (χ4n) is 6.25. The highest BCUT2D eigenvalue weighted by Gasteiger charge is 2.45. The summed E-state index contributed by atoms with van der Waals surface area (Å²) in [5.74, 6) is 2.16. The number of carbonyl (C=O) groups excluding carboxylic acids is 1. The van der Waals surface area contributed by atoms with E-state index in [2.05, 4.69) is 31.2 Å². The maximum Gasteiger partial charge on any atom is 0.272 e. The molecule has 4 aliphatic rings. The number of nitrogens with one attached hydrogen (secondary N) is 1. The van der Waals surface area contributed by atoms with Crippen LogP contribution in [0.1, 0.15) is 65.2 Å². The van der Waals surface area contributed by atoms with Crippen molar-refractivity contribution in [3.8, 4) is 5.75 Å². The summed E-state index contributed by atoms with van der Waals surface area (Å²) in [6, 6.07) is 5.04. The molecule has 9 heteroatoms. The van der Waals surface area contributed by atoms with Gasteiger partial charge in [0.15, 0.2) is 17.2 Å². The van der Waals surface area contributed by atoms with Crippen molar-refractivity contribution in [2.45, 2.75) is 82.9 Å². The third kappa shape index (κ3) is 4.49. The monoisotopic (exact) mass is 491 g/mol. The summed E-state index contributed by atoms with van der Waals surface area (Å²) in [5.41, 5.74) is 0.222. The standard InChI is InChI=1S/C27H37N7O2/c1-27(2)25(35)34(20-9-5-6-10-20)24-22(36-27)18-29-26(31-24)30-23-12-11-21(17-28-23)33-15-13-32(14-16-33)19-7-3-4-8-19/h11-12,17-20H,3-10,13-16H2,1-2H3,(H,28,29,30,31). The van der Waals surface area contributed by atoms with Crippen LogP contribution in [0.15, 0.2) is 24.5 Å². The summed E-state index contributed by atoms with van der Waals surface area (Å²) in [7, 11) is 0. The molecule has 9 nitrogen and oxygen atoms in total. The van der Waals surface area contributed by atoms with Crippen LogP contribution in [0.4, 0.5) is 23.3 Å². The first kappa shape index (κ1) is 23.5. The van der Waals surface area contributed by atoms with Gasteiger partial charge in [0.2, 0.25) is 5.95 Å². The second-order valence-electron chi connectivity index (χ2n) is 11.1. The van der Waals surface area contributed by atoms with E-state index in [9.17, 15) is 4.79 Å². The number of pyridine rings is 1. The van der Waals surface area contributed by atoms with E-state index in [0.29, 0.717) is 23.3 Å². The molecular weight excluding hydrogens is 454 g/mol. The lowest BCUT2D eigenvalue weighted by molar-refractivity contribution is -0.133. The number of nitrogens with zero attached hydrogens (tertiary/aromatic N) is 6. The van der Waals surface area contributed by atoms with Gasteiger partial charge in [0.25, 0.3) is 5.91 Å². The van der Waals surface area contributed by atoms with Crippen molar-refractivity contribution in [3.63, 3.8) is 0 Å². The number of piperazine rings is 1. The van der Waals surface area contributed by atoms with Crippen LogP contribution in [-0.2, 0) is 4.79 Å². The van der Waals surface area contributed by atoms with Gasteiger partial charge >= 0.3 is 0 Å². The average molecular weight is 492 g/mol. The number of hydrogen-bond acceptors (Lipinski definition) is 8. The summed E-state index contributed by atoms with van der Waals surface area (Å²) in [5, 5.41) is 3.22. The third-order valence-corrected chi connectivity index (χ3v) is 8.26. The Labute approximate surface area is 213 Å². The van der Waals surface area contributed by atoms with Crippen LogP contribution in [0, 0.1) is 0 Å². The highest BCUT2D eigenvalue weighted by molar-refractivity contribution is 6.02. The maximum absolute atomic E-state index is 13.2. The predicted molar refractivity (Wildman–Crippen MR) is 140 cm³/mol. The van der Waals surface area contributed by atoms with E-state index in [0.717, 1.165) is 63.6 Å². The van der Waals surface area contributed by atoms with Crippen molar-refractivity contribution in [1.82, 2.24) is 19.9 Å². The van der Waals surface area contributed by atoms with Gasteiger partial charge in [-0.3, -0.25) is 14.6 Å². The van der Waals surface area contributed by atoms with E-state index in [4.69, 9.17) is 9.72 Å².